The Morgan fingerprint density at radius 3 is 2.26 bits per heavy atom. The molecular weight excluding hydrogens is 804 g/mol. The highest BCUT2D eigenvalue weighted by atomic mass is 35.5. The Kier molecular flexibility index (Phi) is 15.9. The van der Waals surface area contributed by atoms with Gasteiger partial charge < -0.3 is 39.2 Å². The van der Waals surface area contributed by atoms with Crippen molar-refractivity contribution in [1.29, 1.82) is 0 Å². The van der Waals surface area contributed by atoms with E-state index in [4.69, 9.17) is 35.3 Å². The summed E-state index contributed by atoms with van der Waals surface area (Å²) in [6.07, 6.45) is 0.720. The number of hydrogen-bond acceptors (Lipinski definition) is 11. The number of rotatable bonds is 10. The number of nitrogens with zero attached hydrogens (tertiary/aromatic N) is 2. The zero-order chi connectivity index (χ0) is 44.6. The number of methoxy groups -OCH3 is 1. The zero-order valence-electron chi connectivity index (χ0n) is 37.0. The van der Waals surface area contributed by atoms with Crippen molar-refractivity contribution in [1.82, 2.24) is 20.4 Å². The fourth-order valence-electron chi connectivity index (χ4n) is 7.31. The third kappa shape index (κ3) is 13.7. The van der Waals surface area contributed by atoms with Crippen LogP contribution in [0.5, 0.6) is 5.75 Å². The molecule has 3 aliphatic heterocycles. The molecule has 0 bridgehead atoms. The van der Waals surface area contributed by atoms with Gasteiger partial charge in [-0.05, 0) is 81.9 Å². The molecule has 2 fully saturated rings. The van der Waals surface area contributed by atoms with E-state index in [1.807, 2.05) is 53.7 Å². The predicted octanol–water partition coefficient (Wildman–Crippen LogP) is 6.18. The summed E-state index contributed by atoms with van der Waals surface area (Å²) < 4.78 is 29.0. The first-order valence-corrected chi connectivity index (χ1v) is 21.5. The first-order valence-electron chi connectivity index (χ1n) is 21.2. The van der Waals surface area contributed by atoms with Crippen LogP contribution < -0.4 is 15.4 Å². The molecule has 15 heteroatoms. The van der Waals surface area contributed by atoms with Gasteiger partial charge in [0.2, 0.25) is 11.8 Å². The molecule has 2 aromatic carbocycles. The molecule has 3 heterocycles. The number of nitrogens with one attached hydrogen (secondary N) is 2. The van der Waals surface area contributed by atoms with Crippen LogP contribution in [0.25, 0.3) is 0 Å². The molecule has 3 aliphatic rings. The van der Waals surface area contributed by atoms with E-state index in [9.17, 15) is 24.0 Å². The molecule has 2 saturated heterocycles. The van der Waals surface area contributed by atoms with Gasteiger partial charge in [-0.3, -0.25) is 19.3 Å². The van der Waals surface area contributed by atoms with Crippen molar-refractivity contribution in [3.63, 3.8) is 0 Å². The van der Waals surface area contributed by atoms with Gasteiger partial charge in [-0.1, -0.05) is 68.8 Å². The SMILES string of the molecule is COc1ccc(C[C@H]2NC(=O)/C=C/C[C@@H]([C@H](C)[C@H]3O[C@@H]3c3ccc(CN4CCN(C(=O)OC(C)(C)C)CC4)cc3)OC(=O)[C@H](CC(C)C)OC(=O)C(C)(C)CNC2=O)cc1Cl. The molecular formula is C46H63ClN4O10. The molecule has 0 spiro atoms. The topological polar surface area (TPSA) is 165 Å². The second-order valence-corrected chi connectivity index (χ2v) is 18.7. The van der Waals surface area contributed by atoms with Gasteiger partial charge in [-0.2, -0.15) is 0 Å². The van der Waals surface area contributed by atoms with E-state index in [1.54, 1.807) is 43.0 Å². The number of piperazine rings is 1. The Morgan fingerprint density at radius 1 is 0.967 bits per heavy atom. The Morgan fingerprint density at radius 2 is 1.64 bits per heavy atom. The summed E-state index contributed by atoms with van der Waals surface area (Å²) in [7, 11) is 1.50. The van der Waals surface area contributed by atoms with Gasteiger partial charge >= 0.3 is 18.0 Å². The highest BCUT2D eigenvalue weighted by Crippen LogP contribution is 2.45. The highest BCUT2D eigenvalue weighted by molar-refractivity contribution is 6.32. The predicted molar refractivity (Wildman–Crippen MR) is 230 cm³/mol. The summed E-state index contributed by atoms with van der Waals surface area (Å²) in [5.41, 5.74) is 1.05. The van der Waals surface area contributed by atoms with Gasteiger partial charge in [-0.25, -0.2) is 9.59 Å². The fraction of sp³-hybridized carbons (Fsp3) is 0.587. The fourth-order valence-corrected chi connectivity index (χ4v) is 7.59. The second-order valence-electron chi connectivity index (χ2n) is 18.3. The molecule has 334 valence electrons. The minimum atomic E-state index is -1.23. The number of esters is 2. The molecule has 2 N–H and O–H groups in total. The first-order chi connectivity index (χ1) is 28.7. The molecule has 5 rings (SSSR count). The molecule has 14 nitrogen and oxygen atoms in total. The number of cyclic esters (lactones) is 2. The summed E-state index contributed by atoms with van der Waals surface area (Å²) in [5.74, 6) is -2.23. The highest BCUT2D eigenvalue weighted by Gasteiger charge is 2.48. The van der Waals surface area contributed by atoms with Crippen LogP contribution >= 0.6 is 11.6 Å². The van der Waals surface area contributed by atoms with Crippen LogP contribution in [0.2, 0.25) is 5.02 Å². The van der Waals surface area contributed by atoms with Crippen LogP contribution in [0.4, 0.5) is 4.79 Å². The van der Waals surface area contributed by atoms with Crippen molar-refractivity contribution in [2.75, 3.05) is 39.8 Å². The minimum absolute atomic E-state index is 0.00796. The summed E-state index contributed by atoms with van der Waals surface area (Å²) >= 11 is 6.37. The van der Waals surface area contributed by atoms with Crippen LogP contribution in [-0.2, 0) is 51.1 Å². The molecule has 0 aromatic heterocycles. The van der Waals surface area contributed by atoms with E-state index in [2.05, 4.69) is 27.7 Å². The largest absolute Gasteiger partial charge is 0.495 e. The molecule has 6 atom stereocenters. The normalized spacial score (nSPS) is 25.4. The molecule has 0 unspecified atom stereocenters. The van der Waals surface area contributed by atoms with Crippen LogP contribution in [0.15, 0.2) is 54.6 Å². The van der Waals surface area contributed by atoms with E-state index >= 15 is 0 Å². The average Bonchev–Trinajstić information content (AvgIpc) is 3.99. The number of ether oxygens (including phenoxy) is 5. The Labute approximate surface area is 364 Å². The van der Waals surface area contributed by atoms with Crippen molar-refractivity contribution < 1.29 is 47.7 Å². The van der Waals surface area contributed by atoms with E-state index in [-0.39, 0.29) is 55.9 Å². The van der Waals surface area contributed by atoms with E-state index in [0.29, 0.717) is 29.4 Å². The number of halogens is 1. The maximum Gasteiger partial charge on any atom is 0.410 e. The standard InChI is InChI=1S/C46H63ClN4O10/c1-28(2)23-37-42(54)58-35(29(3)39-40(60-39)32-16-13-30(14-17-32)26-50-19-21-51(22-20-50)44(56)61-45(4,5)6)11-10-12-38(52)49-34(25-31-15-18-36(57-9)33(47)24-31)41(53)48-27-46(7,8)43(55)59-37/h10,12-18,24,28-29,34-35,37,39-40H,11,19-23,25-27H2,1-9H3,(H,48,53)(H,49,52)/b12-10+/t29-,34+,35-,37-,39+,40+/m0/s1. The van der Waals surface area contributed by atoms with E-state index in [1.165, 1.54) is 13.2 Å². The summed E-state index contributed by atoms with van der Waals surface area (Å²) in [5, 5.41) is 5.93. The lowest BCUT2D eigenvalue weighted by molar-refractivity contribution is -0.179. The van der Waals surface area contributed by atoms with Crippen LogP contribution in [0.3, 0.4) is 0 Å². The summed E-state index contributed by atoms with van der Waals surface area (Å²) in [6, 6.07) is 12.4. The number of carbonyl (C=O) groups excluding carboxylic acids is 5. The monoisotopic (exact) mass is 866 g/mol. The number of carbonyl (C=O) groups is 5. The third-order valence-corrected chi connectivity index (χ3v) is 11.3. The lowest BCUT2D eigenvalue weighted by Crippen LogP contribution is -2.51. The molecule has 0 saturated carbocycles. The first kappa shape index (κ1) is 47.4. The van der Waals surface area contributed by atoms with Crippen LogP contribution in [0.1, 0.15) is 91.0 Å². The van der Waals surface area contributed by atoms with Crippen molar-refractivity contribution >= 4 is 41.4 Å². The van der Waals surface area contributed by atoms with Crippen molar-refractivity contribution in [3.8, 4) is 5.75 Å². The van der Waals surface area contributed by atoms with Crippen molar-refractivity contribution in [3.05, 3.63) is 76.3 Å². The van der Waals surface area contributed by atoms with Crippen LogP contribution in [0, 0.1) is 17.3 Å². The van der Waals surface area contributed by atoms with Gasteiger partial charge in [0.15, 0.2) is 6.10 Å². The Balaban J connectivity index is 1.28. The molecule has 61 heavy (non-hydrogen) atoms. The number of amides is 3. The maximum absolute atomic E-state index is 13.9. The zero-order valence-corrected chi connectivity index (χ0v) is 37.7. The Hall–Kier alpha value is -4.66. The third-order valence-electron chi connectivity index (χ3n) is 11.0. The smallest absolute Gasteiger partial charge is 0.410 e. The average molecular weight is 867 g/mol. The van der Waals surface area contributed by atoms with Crippen molar-refractivity contribution in [2.45, 2.75) is 117 Å². The van der Waals surface area contributed by atoms with Crippen molar-refractivity contribution in [2.24, 2.45) is 17.3 Å². The van der Waals surface area contributed by atoms with Gasteiger partial charge in [0.05, 0.1) is 23.7 Å². The summed E-state index contributed by atoms with van der Waals surface area (Å²) in [4.78, 5) is 71.0. The van der Waals surface area contributed by atoms with E-state index < -0.39 is 53.0 Å². The molecule has 2 aromatic rings. The lowest BCUT2D eigenvalue weighted by atomic mass is 9.92. The number of hydrogen-bond donors (Lipinski definition) is 2. The van der Waals surface area contributed by atoms with Gasteiger partial charge in [0.1, 0.15) is 29.6 Å². The van der Waals surface area contributed by atoms with Crippen LogP contribution in [-0.4, -0.2) is 109 Å². The Bertz CT molecular complexity index is 1900. The second kappa shape index (κ2) is 20.5. The van der Waals surface area contributed by atoms with Gasteiger partial charge in [-0.15, -0.1) is 0 Å². The maximum atomic E-state index is 13.9. The summed E-state index contributed by atoms with van der Waals surface area (Å²) in [6.45, 7) is 17.9. The van der Waals surface area contributed by atoms with E-state index in [0.717, 1.165) is 30.8 Å². The molecule has 3 amide bonds. The quantitative estimate of drug-likeness (QED) is 0.159. The number of epoxide rings is 1. The minimum Gasteiger partial charge on any atom is -0.495 e. The number of benzene rings is 2. The molecule has 0 radical (unpaired) electrons. The van der Waals surface area contributed by atoms with Gasteiger partial charge in [0.25, 0.3) is 0 Å². The lowest BCUT2D eigenvalue weighted by Gasteiger charge is -2.35. The van der Waals surface area contributed by atoms with Gasteiger partial charge in [0, 0.05) is 58.0 Å². The molecule has 0 aliphatic carbocycles.